The van der Waals surface area contributed by atoms with Crippen LogP contribution in [0.5, 0.6) is 11.5 Å². The lowest BCUT2D eigenvalue weighted by Gasteiger charge is -2.19. The molecule has 2 heterocycles. The number of halogens is 1. The van der Waals surface area contributed by atoms with Crippen LogP contribution in [0.1, 0.15) is 11.3 Å². The fraction of sp³-hybridized carbons (Fsp3) is 0.238. The van der Waals surface area contributed by atoms with E-state index in [9.17, 15) is 4.39 Å². The Morgan fingerprint density at radius 1 is 0.964 bits per heavy atom. The molecular weight excluding hydrogens is 359 g/mol. The van der Waals surface area contributed by atoms with E-state index in [2.05, 4.69) is 20.6 Å². The van der Waals surface area contributed by atoms with Crippen molar-refractivity contribution < 1.29 is 13.9 Å². The third-order valence-electron chi connectivity index (χ3n) is 4.28. The second-order valence-electron chi connectivity index (χ2n) is 6.50. The summed E-state index contributed by atoms with van der Waals surface area (Å²) in [4.78, 5) is 8.94. The summed E-state index contributed by atoms with van der Waals surface area (Å²) in [5.74, 6) is 2.47. The molecule has 1 aliphatic rings. The van der Waals surface area contributed by atoms with E-state index in [0.717, 1.165) is 34.9 Å². The average Bonchev–Trinajstić information content (AvgIpc) is 2.69. The monoisotopic (exact) mass is 380 g/mol. The van der Waals surface area contributed by atoms with Gasteiger partial charge < -0.3 is 20.1 Å². The Kier molecular flexibility index (Phi) is 5.23. The first-order chi connectivity index (χ1) is 13.7. The van der Waals surface area contributed by atoms with Gasteiger partial charge in [0.05, 0.1) is 0 Å². The van der Waals surface area contributed by atoms with Crippen LogP contribution in [-0.4, -0.2) is 29.7 Å². The minimum atomic E-state index is -0.228. The molecule has 0 atom stereocenters. The van der Waals surface area contributed by atoms with Crippen molar-refractivity contribution in [3.8, 4) is 11.5 Å². The van der Waals surface area contributed by atoms with Gasteiger partial charge in [0.25, 0.3) is 0 Å². The highest BCUT2D eigenvalue weighted by Gasteiger charge is 2.12. The number of rotatable bonds is 6. The first-order valence-corrected chi connectivity index (χ1v) is 9.16. The van der Waals surface area contributed by atoms with Crippen LogP contribution in [-0.2, 0) is 6.42 Å². The summed E-state index contributed by atoms with van der Waals surface area (Å²) in [6.45, 7) is 3.68. The number of anilines is 3. The maximum absolute atomic E-state index is 13.0. The molecule has 0 aliphatic carbocycles. The van der Waals surface area contributed by atoms with Crippen LogP contribution in [0, 0.1) is 12.7 Å². The number of fused-ring (bicyclic) bond motifs is 1. The van der Waals surface area contributed by atoms with Gasteiger partial charge in [-0.3, -0.25) is 0 Å². The van der Waals surface area contributed by atoms with E-state index in [4.69, 9.17) is 9.47 Å². The highest BCUT2D eigenvalue weighted by Crippen LogP contribution is 2.33. The highest BCUT2D eigenvalue weighted by molar-refractivity contribution is 5.62. The predicted molar refractivity (Wildman–Crippen MR) is 106 cm³/mol. The first kappa shape index (κ1) is 18.0. The third-order valence-corrected chi connectivity index (χ3v) is 4.28. The molecule has 1 aromatic heterocycles. The number of aryl methyl sites for hydroxylation is 1. The number of hydrogen-bond donors (Lipinski definition) is 2. The summed E-state index contributed by atoms with van der Waals surface area (Å²) >= 11 is 0. The molecule has 0 saturated carbocycles. The maximum atomic E-state index is 13.0. The summed E-state index contributed by atoms with van der Waals surface area (Å²) in [5.41, 5.74) is 2.76. The standard InChI is InChI=1S/C21H21FN4O2/c1-14-12-20(25-17-6-7-18-19(13-17)28-11-10-27-18)26-21(24-14)23-9-8-15-2-4-16(22)5-3-15/h2-7,12-13H,8-11H2,1H3,(H2,23,24,25,26). The molecule has 0 saturated heterocycles. The van der Waals surface area contributed by atoms with Crippen molar-refractivity contribution in [2.75, 3.05) is 30.4 Å². The molecule has 0 fully saturated rings. The Labute approximate surface area is 162 Å². The lowest BCUT2D eigenvalue weighted by atomic mass is 10.1. The molecule has 7 heteroatoms. The molecule has 144 valence electrons. The Hall–Kier alpha value is -3.35. The molecule has 0 amide bonds. The molecule has 2 aromatic carbocycles. The van der Waals surface area contributed by atoms with Crippen LogP contribution < -0.4 is 20.1 Å². The van der Waals surface area contributed by atoms with Gasteiger partial charge >= 0.3 is 0 Å². The smallest absolute Gasteiger partial charge is 0.224 e. The van der Waals surface area contributed by atoms with Gasteiger partial charge in [-0.05, 0) is 43.2 Å². The van der Waals surface area contributed by atoms with Crippen LogP contribution in [0.4, 0.5) is 21.8 Å². The minimum Gasteiger partial charge on any atom is -0.486 e. The quantitative estimate of drug-likeness (QED) is 0.671. The van der Waals surface area contributed by atoms with Gasteiger partial charge in [0.2, 0.25) is 5.95 Å². The van der Waals surface area contributed by atoms with Gasteiger partial charge in [-0.25, -0.2) is 9.37 Å². The van der Waals surface area contributed by atoms with Crippen LogP contribution >= 0.6 is 0 Å². The minimum absolute atomic E-state index is 0.228. The lowest BCUT2D eigenvalue weighted by molar-refractivity contribution is 0.171. The number of benzene rings is 2. The molecule has 2 N–H and O–H groups in total. The summed E-state index contributed by atoms with van der Waals surface area (Å²) in [5, 5.41) is 6.51. The number of ether oxygens (including phenoxy) is 2. The van der Waals surface area contributed by atoms with Crippen molar-refractivity contribution in [2.24, 2.45) is 0 Å². The fourth-order valence-corrected chi connectivity index (χ4v) is 2.95. The second kappa shape index (κ2) is 8.12. The molecule has 28 heavy (non-hydrogen) atoms. The zero-order chi connectivity index (χ0) is 19.3. The van der Waals surface area contributed by atoms with Crippen LogP contribution in [0.25, 0.3) is 0 Å². The van der Waals surface area contributed by atoms with Gasteiger partial charge in [0, 0.05) is 30.1 Å². The van der Waals surface area contributed by atoms with E-state index in [1.807, 2.05) is 31.2 Å². The number of hydrogen-bond acceptors (Lipinski definition) is 6. The summed E-state index contributed by atoms with van der Waals surface area (Å²) in [6.07, 6.45) is 0.752. The molecular formula is C21H21FN4O2. The maximum Gasteiger partial charge on any atom is 0.224 e. The summed E-state index contributed by atoms with van der Waals surface area (Å²) < 4.78 is 24.1. The van der Waals surface area contributed by atoms with Crippen molar-refractivity contribution in [1.29, 1.82) is 0 Å². The van der Waals surface area contributed by atoms with Crippen molar-refractivity contribution >= 4 is 17.5 Å². The van der Waals surface area contributed by atoms with Gasteiger partial charge in [0.15, 0.2) is 11.5 Å². The van der Waals surface area contributed by atoms with Gasteiger partial charge in [-0.1, -0.05) is 12.1 Å². The molecule has 6 nitrogen and oxygen atoms in total. The van der Waals surface area contributed by atoms with Crippen molar-refractivity contribution in [3.05, 3.63) is 65.6 Å². The predicted octanol–water partition coefficient (Wildman–Crippen LogP) is 4.09. The molecule has 0 bridgehead atoms. The van der Waals surface area contributed by atoms with Crippen LogP contribution in [0.3, 0.4) is 0 Å². The topological polar surface area (TPSA) is 68.3 Å². The van der Waals surface area contributed by atoms with E-state index in [1.54, 1.807) is 12.1 Å². The van der Waals surface area contributed by atoms with E-state index in [1.165, 1.54) is 12.1 Å². The molecule has 0 unspecified atom stereocenters. The largest absolute Gasteiger partial charge is 0.486 e. The van der Waals surface area contributed by atoms with E-state index >= 15 is 0 Å². The third kappa shape index (κ3) is 4.49. The summed E-state index contributed by atoms with van der Waals surface area (Å²) in [7, 11) is 0. The zero-order valence-electron chi connectivity index (χ0n) is 15.5. The van der Waals surface area contributed by atoms with Crippen molar-refractivity contribution in [2.45, 2.75) is 13.3 Å². The SMILES string of the molecule is Cc1cc(Nc2ccc3c(c2)OCCO3)nc(NCCc2ccc(F)cc2)n1. The average molecular weight is 380 g/mol. The van der Waals surface area contributed by atoms with Gasteiger partial charge in [-0.2, -0.15) is 4.98 Å². The number of aromatic nitrogens is 2. The Bertz CT molecular complexity index is 963. The van der Waals surface area contributed by atoms with Crippen LogP contribution in [0.15, 0.2) is 48.5 Å². The second-order valence-corrected chi connectivity index (χ2v) is 6.50. The molecule has 4 rings (SSSR count). The van der Waals surface area contributed by atoms with Gasteiger partial charge in [-0.15, -0.1) is 0 Å². The molecule has 0 radical (unpaired) electrons. The van der Waals surface area contributed by atoms with Crippen LogP contribution in [0.2, 0.25) is 0 Å². The first-order valence-electron chi connectivity index (χ1n) is 9.16. The fourth-order valence-electron chi connectivity index (χ4n) is 2.95. The Morgan fingerprint density at radius 2 is 1.75 bits per heavy atom. The highest BCUT2D eigenvalue weighted by atomic mass is 19.1. The zero-order valence-corrected chi connectivity index (χ0v) is 15.5. The van der Waals surface area contributed by atoms with E-state index in [0.29, 0.717) is 31.5 Å². The van der Waals surface area contributed by atoms with Crippen molar-refractivity contribution in [3.63, 3.8) is 0 Å². The normalized spacial score (nSPS) is 12.5. The number of nitrogens with one attached hydrogen (secondary N) is 2. The Morgan fingerprint density at radius 3 is 2.57 bits per heavy atom. The number of nitrogens with zero attached hydrogens (tertiary/aromatic N) is 2. The van der Waals surface area contributed by atoms with Crippen molar-refractivity contribution in [1.82, 2.24) is 9.97 Å². The van der Waals surface area contributed by atoms with E-state index in [-0.39, 0.29) is 5.82 Å². The van der Waals surface area contributed by atoms with E-state index < -0.39 is 0 Å². The molecule has 3 aromatic rings. The lowest BCUT2D eigenvalue weighted by Crippen LogP contribution is -2.15. The summed E-state index contributed by atoms with van der Waals surface area (Å²) in [6, 6.07) is 14.1. The molecule has 1 aliphatic heterocycles. The Balaban J connectivity index is 1.41. The molecule has 0 spiro atoms. The van der Waals surface area contributed by atoms with Gasteiger partial charge in [0.1, 0.15) is 24.8 Å².